The molecule has 0 aliphatic heterocycles. The van der Waals surface area contributed by atoms with E-state index >= 15 is 0 Å². The molecule has 0 amide bonds. The molecular formula is C91H75F3O8P4. The van der Waals surface area contributed by atoms with Crippen molar-refractivity contribution in [3.8, 4) is 56.0 Å². The Morgan fingerprint density at radius 3 is 0.991 bits per heavy atom. The molecule has 528 valence electrons. The molecule has 0 unspecified atom stereocenters. The molecule has 0 heterocycles. The molecule has 0 saturated heterocycles. The number of hydrogen-bond donors (Lipinski definition) is 0. The summed E-state index contributed by atoms with van der Waals surface area (Å²) in [4.78, 5) is 21.8. The highest BCUT2D eigenvalue weighted by molar-refractivity contribution is 7.86. The van der Waals surface area contributed by atoms with E-state index in [1.807, 2.05) is 286 Å². The van der Waals surface area contributed by atoms with Gasteiger partial charge in [0.2, 0.25) is 0 Å². The Hall–Kier alpha value is -11.5. The fraction of sp³-hybridized carbons (Fsp3) is 0.0549. The number of para-hydroxylation sites is 1. The Labute approximate surface area is 621 Å². The van der Waals surface area contributed by atoms with Crippen LogP contribution in [0, 0.1) is 13.8 Å². The zero-order chi connectivity index (χ0) is 75.2. The number of methoxy groups -OCH3 is 2. The maximum absolute atomic E-state index is 14.7. The lowest BCUT2D eigenvalue weighted by atomic mass is 10.00. The summed E-state index contributed by atoms with van der Waals surface area (Å²) in [5, 5.41) is 6.10. The molecule has 15 heteroatoms. The molecule has 0 saturated carbocycles. The molecule has 0 aromatic heterocycles. The van der Waals surface area contributed by atoms with Gasteiger partial charge in [-0.25, -0.2) is 0 Å². The topological polar surface area (TPSA) is 121 Å². The number of alkyl halides is 3. The zero-order valence-electron chi connectivity index (χ0n) is 58.6. The number of carbonyl (C=O) groups excluding carboxylic acids is 2. The van der Waals surface area contributed by atoms with Gasteiger partial charge in [-0.1, -0.05) is 333 Å². The average Bonchev–Trinajstić information content (AvgIpc) is 0.757. The third-order valence-corrected chi connectivity index (χ3v) is 24.4. The summed E-state index contributed by atoms with van der Waals surface area (Å²) in [6, 6.07) is 114. The van der Waals surface area contributed by atoms with E-state index in [2.05, 4.69) is 37.3 Å². The van der Waals surface area contributed by atoms with Gasteiger partial charge in [-0.3, -0.25) is 18.7 Å². The van der Waals surface area contributed by atoms with Crippen LogP contribution in [-0.2, 0) is 24.4 Å². The van der Waals surface area contributed by atoms with Gasteiger partial charge in [0, 0.05) is 48.3 Å². The van der Waals surface area contributed by atoms with Crippen molar-refractivity contribution >= 4 is 86.2 Å². The summed E-state index contributed by atoms with van der Waals surface area (Å²) in [6.07, 6.45) is -2.63. The van der Waals surface area contributed by atoms with Crippen LogP contribution in [0.5, 0.6) is 11.5 Å². The SMILES string of the molecule is COc1ccc(-c2ccccc2C=O)cc1.COc1ccccc1P=O.Cc1ccc(-c2ccccc2C=O)cc1.Cc1ccccc1P=O.O=P(c1ccccc1)(c1ccccc1)c1ccccc1-c1ccc(C(F)(F)F)cc1.O=P(c1ccccc1)(c1ccccc1)c1ccccc1-c1ccccc1. The highest BCUT2D eigenvalue weighted by atomic mass is 31.2. The van der Waals surface area contributed by atoms with Gasteiger partial charge in [0.1, 0.15) is 11.5 Å². The smallest absolute Gasteiger partial charge is 0.416 e. The Balaban J connectivity index is 0.000000155. The molecule has 14 rings (SSSR count). The highest BCUT2D eigenvalue weighted by Gasteiger charge is 2.34. The molecule has 14 aromatic carbocycles. The van der Waals surface area contributed by atoms with Crippen molar-refractivity contribution in [1.82, 2.24) is 0 Å². The van der Waals surface area contributed by atoms with Crippen molar-refractivity contribution in [3.05, 3.63) is 398 Å². The van der Waals surface area contributed by atoms with Crippen LogP contribution in [0.15, 0.2) is 370 Å². The molecule has 0 radical (unpaired) electrons. The van der Waals surface area contributed by atoms with Crippen LogP contribution in [0.2, 0.25) is 0 Å². The van der Waals surface area contributed by atoms with Crippen molar-refractivity contribution in [3.63, 3.8) is 0 Å². The molecule has 0 fully saturated rings. The number of rotatable bonds is 16. The average molecular weight is 1480 g/mol. The van der Waals surface area contributed by atoms with Crippen LogP contribution >= 0.6 is 31.2 Å². The predicted octanol–water partition coefficient (Wildman–Crippen LogP) is 21.2. The molecule has 0 aliphatic carbocycles. The zero-order valence-corrected chi connectivity index (χ0v) is 62.1. The Morgan fingerprint density at radius 2 is 0.632 bits per heavy atom. The lowest BCUT2D eigenvalue weighted by Crippen LogP contribution is -2.26. The second-order valence-electron chi connectivity index (χ2n) is 23.7. The van der Waals surface area contributed by atoms with Crippen LogP contribution in [0.4, 0.5) is 13.2 Å². The summed E-state index contributed by atoms with van der Waals surface area (Å²) in [6.45, 7) is 4.00. The van der Waals surface area contributed by atoms with Gasteiger partial charge in [-0.15, -0.1) is 0 Å². The molecular weight excluding hydrogens is 1400 g/mol. The number of carbonyl (C=O) groups is 2. The first-order valence-corrected chi connectivity index (χ1v) is 38.6. The molecule has 106 heavy (non-hydrogen) atoms. The second-order valence-corrected chi connectivity index (χ2v) is 30.5. The monoisotopic (exact) mass is 1480 g/mol. The first-order chi connectivity index (χ1) is 51.6. The molecule has 0 aliphatic rings. The summed E-state index contributed by atoms with van der Waals surface area (Å²) >= 11 is 0. The Bertz CT molecular complexity index is 5140. The molecule has 0 N–H and O–H groups in total. The minimum absolute atomic E-state index is 0.00284. The van der Waals surface area contributed by atoms with Crippen molar-refractivity contribution in [2.24, 2.45) is 0 Å². The first kappa shape index (κ1) is 78.6. The summed E-state index contributed by atoms with van der Waals surface area (Å²) in [5.41, 5.74) is 10.4. The maximum Gasteiger partial charge on any atom is 0.416 e. The van der Waals surface area contributed by atoms with Crippen LogP contribution in [-0.4, -0.2) is 26.8 Å². The van der Waals surface area contributed by atoms with E-state index in [0.29, 0.717) is 43.7 Å². The van der Waals surface area contributed by atoms with Crippen molar-refractivity contribution in [2.75, 3.05) is 14.2 Å². The van der Waals surface area contributed by atoms with Gasteiger partial charge in [0.05, 0.1) is 25.1 Å². The third kappa shape index (κ3) is 20.5. The van der Waals surface area contributed by atoms with Gasteiger partial charge < -0.3 is 18.6 Å². The molecule has 0 spiro atoms. The van der Waals surface area contributed by atoms with Gasteiger partial charge in [0.15, 0.2) is 43.8 Å². The van der Waals surface area contributed by atoms with Gasteiger partial charge >= 0.3 is 6.18 Å². The number of benzene rings is 14. The van der Waals surface area contributed by atoms with E-state index in [0.717, 1.165) is 96.2 Å². The van der Waals surface area contributed by atoms with E-state index in [4.69, 9.17) is 9.47 Å². The van der Waals surface area contributed by atoms with Crippen LogP contribution < -0.4 is 51.9 Å². The van der Waals surface area contributed by atoms with E-state index in [9.17, 15) is 41.0 Å². The fourth-order valence-corrected chi connectivity index (χ4v) is 18.0. The van der Waals surface area contributed by atoms with Crippen LogP contribution in [0.25, 0.3) is 44.5 Å². The molecule has 14 aromatic rings. The first-order valence-electron chi connectivity index (χ1n) is 33.6. The molecule has 0 atom stereocenters. The van der Waals surface area contributed by atoms with E-state index in [-0.39, 0.29) is 16.9 Å². The van der Waals surface area contributed by atoms with Crippen LogP contribution in [0.3, 0.4) is 0 Å². The predicted molar refractivity (Wildman–Crippen MR) is 432 cm³/mol. The van der Waals surface area contributed by atoms with Crippen molar-refractivity contribution in [1.29, 1.82) is 0 Å². The largest absolute Gasteiger partial charge is 0.497 e. The summed E-state index contributed by atoms with van der Waals surface area (Å²) in [5.74, 6) is 1.48. The Morgan fingerprint density at radius 1 is 0.321 bits per heavy atom. The van der Waals surface area contributed by atoms with Crippen molar-refractivity contribution < 1.29 is 50.5 Å². The van der Waals surface area contributed by atoms with Crippen LogP contribution in [0.1, 0.15) is 37.4 Å². The molecule has 0 bridgehead atoms. The second kappa shape index (κ2) is 39.4. The van der Waals surface area contributed by atoms with Gasteiger partial charge in [-0.05, 0) is 106 Å². The standard InChI is InChI=1S/C25H18F3OP.C24H19OP.C14H12O2.C14H12O.C7H7O2P.C7H7OP/c26-25(27,28)20-17-15-19(16-18-20)23-13-7-8-14-24(23)30(29,21-9-3-1-4-10-21)22-11-5-2-6-12-22;25-26(21-14-6-2-7-15-21,22-16-8-3-9-17-22)24-19-11-10-18-23(24)20-12-4-1-5-13-20;1-16-13-8-6-11(7-9-13)14-5-3-2-4-12(14)10-15;1-11-6-8-12(9-7-11)14-5-3-2-4-13(14)10-15;1-9-6-4-2-3-5-7(6)10-8;1-6-4-2-3-5-7(6)9-8/h1-18H;1-19H;2-10H,1H3;2-10H,1H3;2-5H,1H3;2-5H,1H3. The maximum atomic E-state index is 14.7. The normalized spacial score (nSPS) is 10.8. The minimum Gasteiger partial charge on any atom is -0.497 e. The van der Waals surface area contributed by atoms with Gasteiger partial charge in [0.25, 0.3) is 0 Å². The Kier molecular flexibility index (Phi) is 29.2. The number of hydrogen-bond acceptors (Lipinski definition) is 8. The summed E-state index contributed by atoms with van der Waals surface area (Å²) < 4.78 is 99.0. The number of halogens is 3. The third-order valence-electron chi connectivity index (χ3n) is 16.9. The van der Waals surface area contributed by atoms with E-state index in [1.54, 1.807) is 50.6 Å². The van der Waals surface area contributed by atoms with E-state index in [1.165, 1.54) is 17.7 Å². The lowest BCUT2D eigenvalue weighted by Gasteiger charge is -2.23. The summed E-state index contributed by atoms with van der Waals surface area (Å²) in [7, 11) is -2.92. The number of aldehydes is 2. The quantitative estimate of drug-likeness (QED) is 0.0693. The number of aryl methyl sites for hydroxylation is 2. The lowest BCUT2D eigenvalue weighted by molar-refractivity contribution is -0.137. The molecule has 8 nitrogen and oxygen atoms in total. The van der Waals surface area contributed by atoms with Gasteiger partial charge in [-0.2, -0.15) is 13.2 Å². The highest BCUT2D eigenvalue weighted by Crippen LogP contribution is 2.47. The number of ether oxygens (including phenoxy) is 2. The fourth-order valence-electron chi connectivity index (χ4n) is 11.4. The minimum atomic E-state index is -4.40. The van der Waals surface area contributed by atoms with E-state index < -0.39 is 26.0 Å². The van der Waals surface area contributed by atoms with Crippen molar-refractivity contribution in [2.45, 2.75) is 20.0 Å².